The van der Waals surface area contributed by atoms with Crippen LogP contribution >= 0.6 is 0 Å². The van der Waals surface area contributed by atoms with Crippen LogP contribution in [0.25, 0.3) is 22.2 Å². The summed E-state index contributed by atoms with van der Waals surface area (Å²) in [5.41, 5.74) is 9.46. The van der Waals surface area contributed by atoms with Crippen LogP contribution in [0, 0.1) is 13.8 Å². The van der Waals surface area contributed by atoms with Crippen molar-refractivity contribution in [2.24, 2.45) is 14.1 Å². The van der Waals surface area contributed by atoms with Gasteiger partial charge in [-0.1, -0.05) is 19.9 Å². The number of aromatic amines is 1. The van der Waals surface area contributed by atoms with Crippen LogP contribution < -0.4 is 5.56 Å². The Bertz CT molecular complexity index is 1400. The molecule has 4 heterocycles. The molecule has 5 rings (SSSR count). The first-order valence-corrected chi connectivity index (χ1v) is 12.8. The summed E-state index contributed by atoms with van der Waals surface area (Å²) >= 11 is 0. The van der Waals surface area contributed by atoms with E-state index in [1.54, 1.807) is 4.57 Å². The van der Waals surface area contributed by atoms with Gasteiger partial charge < -0.3 is 9.55 Å². The Hall–Kier alpha value is -3.12. The van der Waals surface area contributed by atoms with Gasteiger partial charge in [-0.05, 0) is 80.9 Å². The molecule has 184 valence electrons. The van der Waals surface area contributed by atoms with E-state index < -0.39 is 0 Å². The van der Waals surface area contributed by atoms with Crippen molar-refractivity contribution < 1.29 is 0 Å². The van der Waals surface area contributed by atoms with Gasteiger partial charge in [0, 0.05) is 60.6 Å². The summed E-state index contributed by atoms with van der Waals surface area (Å²) in [5, 5.41) is 5.81. The third-order valence-corrected chi connectivity index (χ3v) is 7.66. The maximum absolute atomic E-state index is 12.3. The van der Waals surface area contributed by atoms with Gasteiger partial charge in [-0.15, -0.1) is 0 Å². The molecular weight excluding hydrogens is 434 g/mol. The summed E-state index contributed by atoms with van der Waals surface area (Å²) in [6.45, 7) is 11.7. The maximum atomic E-state index is 12.3. The topological polar surface area (TPSA) is 58.9 Å². The van der Waals surface area contributed by atoms with Gasteiger partial charge in [0.15, 0.2) is 0 Å². The van der Waals surface area contributed by atoms with Crippen LogP contribution in [0.5, 0.6) is 0 Å². The van der Waals surface area contributed by atoms with Gasteiger partial charge in [0.1, 0.15) is 0 Å². The molecule has 3 aromatic heterocycles. The molecule has 0 radical (unpaired) electrons. The zero-order valence-electron chi connectivity index (χ0n) is 21.9. The summed E-state index contributed by atoms with van der Waals surface area (Å²) < 4.78 is 3.60. The van der Waals surface area contributed by atoms with Crippen LogP contribution in [0.3, 0.4) is 0 Å². The number of likely N-dealkylation sites (tertiary alicyclic amines) is 1. The molecule has 6 nitrogen and oxygen atoms in total. The highest BCUT2D eigenvalue weighted by Crippen LogP contribution is 2.38. The van der Waals surface area contributed by atoms with Crippen LogP contribution in [0.15, 0.2) is 41.5 Å². The third-order valence-electron chi connectivity index (χ3n) is 7.66. The molecule has 0 aliphatic carbocycles. The van der Waals surface area contributed by atoms with Crippen LogP contribution in [0.2, 0.25) is 0 Å². The smallest absolute Gasteiger partial charge is 0.253 e. The van der Waals surface area contributed by atoms with Crippen molar-refractivity contribution in [3.63, 3.8) is 0 Å². The number of hydrogen-bond donors (Lipinski definition) is 1. The molecule has 0 unspecified atom stereocenters. The molecule has 6 heteroatoms. The lowest BCUT2D eigenvalue weighted by molar-refractivity contribution is 0.204. The van der Waals surface area contributed by atoms with Crippen molar-refractivity contribution >= 4 is 10.9 Å². The first-order valence-electron chi connectivity index (χ1n) is 12.8. The lowest BCUT2D eigenvalue weighted by Gasteiger charge is -2.32. The predicted octanol–water partition coefficient (Wildman–Crippen LogP) is 5.39. The van der Waals surface area contributed by atoms with Crippen LogP contribution in [-0.2, 0) is 20.6 Å². The SMILES string of the molecule is Cc1nn(C)cc1CN1CCC(c2ccc3[nH]c(-c4cc(C)c(=O)n(C)c4)c(C(C)C)c3c2)CC1. The van der Waals surface area contributed by atoms with Crippen molar-refractivity contribution in [1.82, 2.24) is 24.2 Å². The van der Waals surface area contributed by atoms with E-state index in [1.165, 1.54) is 40.4 Å². The molecule has 1 aliphatic rings. The Morgan fingerprint density at radius 3 is 2.46 bits per heavy atom. The first kappa shape index (κ1) is 23.6. The van der Waals surface area contributed by atoms with Crippen LogP contribution in [0.4, 0.5) is 0 Å². The molecule has 0 atom stereocenters. The zero-order valence-corrected chi connectivity index (χ0v) is 21.9. The number of pyridine rings is 1. The lowest BCUT2D eigenvalue weighted by Crippen LogP contribution is -2.32. The first-order chi connectivity index (χ1) is 16.7. The lowest BCUT2D eigenvalue weighted by atomic mass is 9.87. The van der Waals surface area contributed by atoms with Gasteiger partial charge in [0.2, 0.25) is 0 Å². The Morgan fingerprint density at radius 2 is 1.83 bits per heavy atom. The third kappa shape index (κ3) is 4.47. The van der Waals surface area contributed by atoms with Crippen molar-refractivity contribution in [3.05, 3.63) is 75.0 Å². The quantitative estimate of drug-likeness (QED) is 0.425. The Labute approximate surface area is 207 Å². The van der Waals surface area contributed by atoms with E-state index in [-0.39, 0.29) is 5.56 Å². The van der Waals surface area contributed by atoms with E-state index in [0.29, 0.717) is 11.8 Å². The predicted molar refractivity (Wildman–Crippen MR) is 143 cm³/mol. The second-order valence-electron chi connectivity index (χ2n) is 10.7. The molecule has 35 heavy (non-hydrogen) atoms. The molecule has 1 fully saturated rings. The maximum Gasteiger partial charge on any atom is 0.253 e. The Morgan fingerprint density at radius 1 is 1.09 bits per heavy atom. The number of nitrogens with zero attached hydrogens (tertiary/aromatic N) is 4. The molecular formula is C29H37N5O. The molecule has 0 bridgehead atoms. The van der Waals surface area contributed by atoms with Gasteiger partial charge in [-0.25, -0.2) is 0 Å². The normalized spacial score (nSPS) is 15.5. The highest BCUT2D eigenvalue weighted by molar-refractivity contribution is 5.92. The minimum absolute atomic E-state index is 0.0586. The molecule has 1 N–H and O–H groups in total. The molecule has 1 saturated heterocycles. The number of aryl methyl sites for hydroxylation is 4. The Balaban J connectivity index is 1.41. The summed E-state index contributed by atoms with van der Waals surface area (Å²) in [4.78, 5) is 18.5. The van der Waals surface area contributed by atoms with E-state index >= 15 is 0 Å². The highest BCUT2D eigenvalue weighted by Gasteiger charge is 2.23. The molecule has 1 aliphatic heterocycles. The minimum Gasteiger partial charge on any atom is -0.354 e. The number of benzene rings is 1. The second-order valence-corrected chi connectivity index (χ2v) is 10.7. The highest BCUT2D eigenvalue weighted by atomic mass is 16.1. The summed E-state index contributed by atoms with van der Waals surface area (Å²) in [6.07, 6.45) is 6.46. The molecule has 0 spiro atoms. The minimum atomic E-state index is 0.0586. The zero-order chi connectivity index (χ0) is 24.9. The molecule has 0 saturated carbocycles. The Kier molecular flexibility index (Phi) is 6.18. The standard InChI is InChI=1S/C29H37N5O/c1-18(2)27-25-14-22(21-9-11-34(12-10-21)17-24-16-33(6)31-20(24)4)7-8-26(25)30-28(27)23-13-19(3)29(35)32(5)15-23/h7-8,13-16,18,21,30H,9-12,17H2,1-6H3. The fraction of sp³-hybridized carbons (Fsp3) is 0.448. The number of piperidine rings is 1. The average molecular weight is 472 g/mol. The molecule has 0 amide bonds. The van der Waals surface area contributed by atoms with E-state index in [2.05, 4.69) is 60.1 Å². The number of rotatable bonds is 5. The number of nitrogens with one attached hydrogen (secondary N) is 1. The molecule has 4 aromatic rings. The summed E-state index contributed by atoms with van der Waals surface area (Å²) in [6, 6.07) is 9.00. The molecule has 1 aromatic carbocycles. The van der Waals surface area contributed by atoms with Crippen molar-refractivity contribution in [1.29, 1.82) is 0 Å². The van der Waals surface area contributed by atoms with Gasteiger partial charge in [0.05, 0.1) is 11.4 Å². The van der Waals surface area contributed by atoms with Gasteiger partial charge >= 0.3 is 0 Å². The van der Waals surface area contributed by atoms with E-state index in [0.717, 1.165) is 42.1 Å². The monoisotopic (exact) mass is 471 g/mol. The van der Waals surface area contributed by atoms with Crippen molar-refractivity contribution in [3.8, 4) is 11.3 Å². The van der Waals surface area contributed by atoms with Gasteiger partial charge in [0.25, 0.3) is 5.56 Å². The average Bonchev–Trinajstić information content (AvgIpc) is 3.36. The summed E-state index contributed by atoms with van der Waals surface area (Å²) in [7, 11) is 3.83. The van der Waals surface area contributed by atoms with Crippen LogP contribution in [-0.4, -0.2) is 37.3 Å². The fourth-order valence-corrected chi connectivity index (χ4v) is 5.80. The second kappa shape index (κ2) is 9.15. The van der Waals surface area contributed by atoms with E-state index in [9.17, 15) is 4.79 Å². The van der Waals surface area contributed by atoms with Crippen molar-refractivity contribution in [2.45, 2.75) is 58.9 Å². The summed E-state index contributed by atoms with van der Waals surface area (Å²) in [5.74, 6) is 0.958. The number of aromatic nitrogens is 4. The largest absolute Gasteiger partial charge is 0.354 e. The van der Waals surface area contributed by atoms with Gasteiger partial charge in [-0.2, -0.15) is 5.10 Å². The number of H-pyrrole nitrogens is 1. The van der Waals surface area contributed by atoms with Crippen molar-refractivity contribution in [2.75, 3.05) is 13.1 Å². The van der Waals surface area contributed by atoms with E-state index in [1.807, 2.05) is 38.0 Å². The van der Waals surface area contributed by atoms with Crippen LogP contribution in [0.1, 0.15) is 66.5 Å². The fourth-order valence-electron chi connectivity index (χ4n) is 5.80. The number of hydrogen-bond acceptors (Lipinski definition) is 3. The van der Waals surface area contributed by atoms with Gasteiger partial charge in [-0.3, -0.25) is 14.4 Å². The van der Waals surface area contributed by atoms with E-state index in [4.69, 9.17) is 0 Å². The number of fused-ring (bicyclic) bond motifs is 1.